The van der Waals surface area contributed by atoms with E-state index >= 15 is 0 Å². The molecule has 142 valence electrons. The summed E-state index contributed by atoms with van der Waals surface area (Å²) < 4.78 is 7.31. The van der Waals surface area contributed by atoms with Crippen molar-refractivity contribution in [3.05, 3.63) is 53.6 Å². The minimum atomic E-state index is 0.0189. The largest absolute Gasteiger partial charge is 0.468 e. The highest BCUT2D eigenvalue weighted by molar-refractivity contribution is 5.84. The van der Waals surface area contributed by atoms with Gasteiger partial charge in [0.1, 0.15) is 5.76 Å². The average Bonchev–Trinajstić information content (AvgIpc) is 3.28. The Morgan fingerprint density at radius 2 is 2.26 bits per heavy atom. The van der Waals surface area contributed by atoms with E-state index in [2.05, 4.69) is 40.4 Å². The number of rotatable bonds is 5. The Bertz CT molecular complexity index is 929. The quantitative estimate of drug-likeness (QED) is 0.754. The second-order valence-electron chi connectivity index (χ2n) is 7.46. The maximum Gasteiger partial charge on any atom is 0.224 e. The molecule has 0 aliphatic carbocycles. The summed E-state index contributed by atoms with van der Waals surface area (Å²) in [6.07, 6.45) is 3.66. The van der Waals surface area contributed by atoms with Crippen molar-refractivity contribution in [3.8, 4) is 0 Å². The summed E-state index contributed by atoms with van der Waals surface area (Å²) >= 11 is 0. The predicted molar refractivity (Wildman–Crippen MR) is 104 cm³/mol. The number of carbonyl (C=O) groups excluding carboxylic acids is 1. The van der Waals surface area contributed by atoms with Crippen molar-refractivity contribution in [3.63, 3.8) is 0 Å². The van der Waals surface area contributed by atoms with Gasteiger partial charge in [0.15, 0.2) is 0 Å². The monoisotopic (exact) mass is 366 g/mol. The van der Waals surface area contributed by atoms with Crippen LogP contribution >= 0.6 is 0 Å². The smallest absolute Gasteiger partial charge is 0.224 e. The predicted octanol–water partition coefficient (Wildman–Crippen LogP) is 3.00. The van der Waals surface area contributed by atoms with Crippen molar-refractivity contribution >= 4 is 16.8 Å². The Morgan fingerprint density at radius 3 is 3.07 bits per heavy atom. The number of amides is 1. The number of nitrogens with zero attached hydrogens (tertiary/aromatic N) is 3. The van der Waals surface area contributed by atoms with Gasteiger partial charge in [0.05, 0.1) is 36.5 Å². The fraction of sp³-hybridized carbons (Fsp3) is 0.429. The SMILES string of the molecule is Cc1ccc2c(c1)c(CNC(=O)C1CCCN(Cc3ccco3)C1)nn2C. The Morgan fingerprint density at radius 1 is 1.37 bits per heavy atom. The van der Waals surface area contributed by atoms with E-state index in [1.165, 1.54) is 5.56 Å². The molecule has 1 unspecified atom stereocenters. The lowest BCUT2D eigenvalue weighted by Gasteiger charge is -2.31. The molecular weight excluding hydrogens is 340 g/mol. The number of hydrogen-bond acceptors (Lipinski definition) is 4. The number of aryl methyl sites for hydroxylation is 2. The third-order valence-corrected chi connectivity index (χ3v) is 5.35. The van der Waals surface area contributed by atoms with Gasteiger partial charge in [-0.2, -0.15) is 5.10 Å². The summed E-state index contributed by atoms with van der Waals surface area (Å²) in [4.78, 5) is 15.0. The first-order valence-electron chi connectivity index (χ1n) is 9.55. The molecule has 3 heterocycles. The fourth-order valence-electron chi connectivity index (χ4n) is 3.93. The normalized spacial score (nSPS) is 18.1. The zero-order valence-corrected chi connectivity index (χ0v) is 15.9. The van der Waals surface area contributed by atoms with E-state index in [1.54, 1.807) is 6.26 Å². The molecule has 4 rings (SSSR count). The number of furan rings is 1. The van der Waals surface area contributed by atoms with Gasteiger partial charge in [0.25, 0.3) is 0 Å². The average molecular weight is 366 g/mol. The third kappa shape index (κ3) is 3.90. The zero-order chi connectivity index (χ0) is 18.8. The first kappa shape index (κ1) is 17.8. The van der Waals surface area contributed by atoms with Crippen LogP contribution in [-0.2, 0) is 24.9 Å². The lowest BCUT2D eigenvalue weighted by atomic mass is 9.97. The molecule has 6 nitrogen and oxygen atoms in total. The molecule has 1 atom stereocenters. The molecule has 1 aliphatic heterocycles. The molecule has 1 N–H and O–H groups in total. The second-order valence-corrected chi connectivity index (χ2v) is 7.46. The molecule has 0 saturated carbocycles. The number of piperidine rings is 1. The molecule has 1 aromatic carbocycles. The summed E-state index contributed by atoms with van der Waals surface area (Å²) in [5.41, 5.74) is 3.21. The Hall–Kier alpha value is -2.60. The van der Waals surface area contributed by atoms with Gasteiger partial charge >= 0.3 is 0 Å². The summed E-state index contributed by atoms with van der Waals surface area (Å²) in [6.45, 7) is 5.09. The van der Waals surface area contributed by atoms with Gasteiger partial charge in [-0.1, -0.05) is 11.6 Å². The van der Waals surface area contributed by atoms with Gasteiger partial charge in [-0.15, -0.1) is 0 Å². The van der Waals surface area contributed by atoms with Gasteiger partial charge in [-0.25, -0.2) is 0 Å². The summed E-state index contributed by atoms with van der Waals surface area (Å²) in [5, 5.41) is 8.81. The lowest BCUT2D eigenvalue weighted by molar-refractivity contribution is -0.127. The van der Waals surface area contributed by atoms with Gasteiger partial charge in [0.2, 0.25) is 5.91 Å². The number of benzene rings is 1. The summed E-state index contributed by atoms with van der Waals surface area (Å²) in [6, 6.07) is 10.2. The van der Waals surface area contributed by atoms with Crippen molar-refractivity contribution in [1.82, 2.24) is 20.0 Å². The third-order valence-electron chi connectivity index (χ3n) is 5.35. The van der Waals surface area contributed by atoms with Gasteiger partial charge in [-0.05, 0) is 50.6 Å². The first-order valence-corrected chi connectivity index (χ1v) is 9.55. The van der Waals surface area contributed by atoms with Crippen molar-refractivity contribution in [2.24, 2.45) is 13.0 Å². The molecule has 1 aliphatic rings. The summed E-state index contributed by atoms with van der Waals surface area (Å²) in [5.74, 6) is 1.09. The number of fused-ring (bicyclic) bond motifs is 1. The van der Waals surface area contributed by atoms with Crippen molar-refractivity contribution in [2.45, 2.75) is 32.9 Å². The van der Waals surface area contributed by atoms with E-state index in [0.717, 1.165) is 54.8 Å². The molecular formula is C21H26N4O2. The minimum absolute atomic E-state index is 0.0189. The number of hydrogen-bond donors (Lipinski definition) is 1. The molecule has 1 amide bonds. The lowest BCUT2D eigenvalue weighted by Crippen LogP contribution is -2.42. The first-order chi connectivity index (χ1) is 13.1. The van der Waals surface area contributed by atoms with Crippen LogP contribution in [0, 0.1) is 12.8 Å². The number of nitrogens with one attached hydrogen (secondary N) is 1. The van der Waals surface area contributed by atoms with Crippen LogP contribution in [-0.4, -0.2) is 33.7 Å². The van der Waals surface area contributed by atoms with Crippen LogP contribution in [0.25, 0.3) is 10.9 Å². The van der Waals surface area contributed by atoms with Crippen LogP contribution in [0.5, 0.6) is 0 Å². The van der Waals surface area contributed by atoms with Gasteiger partial charge in [-0.3, -0.25) is 14.4 Å². The van der Waals surface area contributed by atoms with Crippen LogP contribution in [0.1, 0.15) is 29.9 Å². The maximum absolute atomic E-state index is 12.7. The zero-order valence-electron chi connectivity index (χ0n) is 15.9. The van der Waals surface area contributed by atoms with Crippen molar-refractivity contribution < 1.29 is 9.21 Å². The number of aromatic nitrogens is 2. The molecule has 1 fully saturated rings. The molecule has 1 saturated heterocycles. The molecule has 27 heavy (non-hydrogen) atoms. The molecule has 6 heteroatoms. The van der Waals surface area contributed by atoms with Crippen molar-refractivity contribution in [1.29, 1.82) is 0 Å². The van der Waals surface area contributed by atoms with Crippen LogP contribution < -0.4 is 5.32 Å². The van der Waals surface area contributed by atoms with Gasteiger partial charge in [0, 0.05) is 19.0 Å². The maximum atomic E-state index is 12.7. The van der Waals surface area contributed by atoms with Crippen LogP contribution in [0.3, 0.4) is 0 Å². The highest BCUT2D eigenvalue weighted by Crippen LogP contribution is 2.21. The van der Waals surface area contributed by atoms with Crippen LogP contribution in [0.15, 0.2) is 41.0 Å². The van der Waals surface area contributed by atoms with E-state index in [4.69, 9.17) is 4.42 Å². The van der Waals surface area contributed by atoms with E-state index in [0.29, 0.717) is 6.54 Å². The molecule has 0 radical (unpaired) electrons. The Labute approximate surface area is 159 Å². The Kier molecular flexibility index (Phi) is 4.99. The standard InChI is InChI=1S/C21H26N4O2/c1-15-7-8-20-18(11-15)19(23-24(20)2)12-22-21(26)16-5-3-9-25(13-16)14-17-6-4-10-27-17/h4,6-8,10-11,16H,3,5,9,12-14H2,1-2H3,(H,22,26). The minimum Gasteiger partial charge on any atom is -0.468 e. The van der Waals surface area contributed by atoms with E-state index in [1.807, 2.05) is 23.9 Å². The van der Waals surface area contributed by atoms with Crippen molar-refractivity contribution in [2.75, 3.05) is 13.1 Å². The highest BCUT2D eigenvalue weighted by Gasteiger charge is 2.26. The summed E-state index contributed by atoms with van der Waals surface area (Å²) in [7, 11) is 1.94. The number of likely N-dealkylation sites (tertiary alicyclic amines) is 1. The second kappa shape index (κ2) is 7.56. The molecule has 3 aromatic rings. The molecule has 0 spiro atoms. The topological polar surface area (TPSA) is 63.3 Å². The Balaban J connectivity index is 1.38. The van der Waals surface area contributed by atoms with E-state index in [9.17, 15) is 4.79 Å². The van der Waals surface area contributed by atoms with E-state index < -0.39 is 0 Å². The van der Waals surface area contributed by atoms with Gasteiger partial charge < -0.3 is 9.73 Å². The molecule has 0 bridgehead atoms. The van der Waals surface area contributed by atoms with Crippen LogP contribution in [0.2, 0.25) is 0 Å². The number of carbonyl (C=O) groups is 1. The molecule has 2 aromatic heterocycles. The highest BCUT2D eigenvalue weighted by atomic mass is 16.3. The van der Waals surface area contributed by atoms with E-state index in [-0.39, 0.29) is 11.8 Å². The van der Waals surface area contributed by atoms with Crippen LogP contribution in [0.4, 0.5) is 0 Å². The fourth-order valence-corrected chi connectivity index (χ4v) is 3.93.